The minimum Gasteiger partial charge on any atom is -0.464 e. The molecule has 0 aliphatic carbocycles. The molecule has 112 valence electrons. The van der Waals surface area contributed by atoms with Crippen LogP contribution >= 0.6 is 11.6 Å². The molecule has 0 saturated heterocycles. The van der Waals surface area contributed by atoms with Crippen LogP contribution in [-0.2, 0) is 17.9 Å². The third-order valence-corrected chi connectivity index (χ3v) is 3.22. The Morgan fingerprint density at radius 1 is 1.43 bits per heavy atom. The van der Waals surface area contributed by atoms with Crippen molar-refractivity contribution in [3.8, 4) is 0 Å². The Hall–Kier alpha value is -1.96. The highest BCUT2D eigenvalue weighted by atomic mass is 35.5. The summed E-state index contributed by atoms with van der Waals surface area (Å²) in [5, 5.41) is 27.5. The Labute approximate surface area is 125 Å². The molecule has 7 nitrogen and oxygen atoms in total. The molecule has 0 bridgehead atoms. The fraction of sp³-hybridized carbons (Fsp3) is 0.308. The number of carbonyl (C=O) groups is 1. The molecule has 0 unspecified atom stereocenters. The SMILES string of the molecule is COC(=O)c1nnn(C[C@H](O)c2ccc(Cl)cc2)c1CO. The highest BCUT2D eigenvalue weighted by Crippen LogP contribution is 2.19. The average molecular weight is 312 g/mol. The highest BCUT2D eigenvalue weighted by molar-refractivity contribution is 6.30. The van der Waals surface area contributed by atoms with E-state index in [4.69, 9.17) is 11.6 Å². The van der Waals surface area contributed by atoms with Crippen LogP contribution in [0.15, 0.2) is 24.3 Å². The van der Waals surface area contributed by atoms with Gasteiger partial charge in [-0.05, 0) is 17.7 Å². The molecule has 1 aromatic carbocycles. The molecule has 0 spiro atoms. The van der Waals surface area contributed by atoms with Crippen LogP contribution in [0.5, 0.6) is 0 Å². The molecule has 1 aromatic heterocycles. The van der Waals surface area contributed by atoms with Gasteiger partial charge in [-0.2, -0.15) is 0 Å². The first-order valence-corrected chi connectivity index (χ1v) is 6.49. The Morgan fingerprint density at radius 2 is 2.10 bits per heavy atom. The average Bonchev–Trinajstić information content (AvgIpc) is 2.89. The maximum absolute atomic E-state index is 11.5. The number of halogens is 1. The van der Waals surface area contributed by atoms with Gasteiger partial charge >= 0.3 is 5.97 Å². The van der Waals surface area contributed by atoms with E-state index in [1.54, 1.807) is 24.3 Å². The lowest BCUT2D eigenvalue weighted by Gasteiger charge is -2.12. The van der Waals surface area contributed by atoms with Crippen molar-refractivity contribution in [3.05, 3.63) is 46.2 Å². The Morgan fingerprint density at radius 3 is 2.67 bits per heavy atom. The van der Waals surface area contributed by atoms with Gasteiger partial charge < -0.3 is 14.9 Å². The molecule has 21 heavy (non-hydrogen) atoms. The molecule has 2 N–H and O–H groups in total. The van der Waals surface area contributed by atoms with Gasteiger partial charge in [0.1, 0.15) is 0 Å². The third kappa shape index (κ3) is 3.38. The fourth-order valence-electron chi connectivity index (χ4n) is 1.85. The predicted octanol–water partition coefficient (Wildman–Crippen LogP) is 0.944. The van der Waals surface area contributed by atoms with Gasteiger partial charge in [-0.15, -0.1) is 5.10 Å². The molecule has 2 rings (SSSR count). The number of hydrogen-bond donors (Lipinski definition) is 2. The number of benzene rings is 1. The summed E-state index contributed by atoms with van der Waals surface area (Å²) in [4.78, 5) is 11.5. The van der Waals surface area contributed by atoms with Gasteiger partial charge in [0.05, 0.1) is 32.1 Å². The first kappa shape index (κ1) is 15.4. The summed E-state index contributed by atoms with van der Waals surface area (Å²) in [6, 6.07) is 6.69. The van der Waals surface area contributed by atoms with Crippen molar-refractivity contribution in [2.45, 2.75) is 19.3 Å². The van der Waals surface area contributed by atoms with E-state index in [1.807, 2.05) is 0 Å². The third-order valence-electron chi connectivity index (χ3n) is 2.97. The monoisotopic (exact) mass is 311 g/mol. The minimum atomic E-state index is -0.875. The largest absolute Gasteiger partial charge is 0.464 e. The summed E-state index contributed by atoms with van der Waals surface area (Å²) in [6.07, 6.45) is -0.875. The van der Waals surface area contributed by atoms with E-state index in [1.165, 1.54) is 11.8 Å². The first-order valence-electron chi connectivity index (χ1n) is 6.12. The number of ether oxygens (including phenoxy) is 1. The van der Waals surface area contributed by atoms with E-state index in [9.17, 15) is 15.0 Å². The highest BCUT2D eigenvalue weighted by Gasteiger charge is 2.21. The summed E-state index contributed by atoms with van der Waals surface area (Å²) in [5.41, 5.74) is 0.761. The summed E-state index contributed by atoms with van der Waals surface area (Å²) < 4.78 is 5.82. The predicted molar refractivity (Wildman–Crippen MR) is 73.7 cm³/mol. The molecule has 8 heteroatoms. The first-order chi connectivity index (χ1) is 10.1. The van der Waals surface area contributed by atoms with Crippen LogP contribution in [0.25, 0.3) is 0 Å². The van der Waals surface area contributed by atoms with Gasteiger partial charge in [0.25, 0.3) is 0 Å². The van der Waals surface area contributed by atoms with Crippen LogP contribution in [0.2, 0.25) is 5.02 Å². The molecule has 1 atom stereocenters. The van der Waals surface area contributed by atoms with E-state index in [2.05, 4.69) is 15.0 Å². The number of nitrogens with zero attached hydrogens (tertiary/aromatic N) is 3. The van der Waals surface area contributed by atoms with E-state index in [0.717, 1.165) is 0 Å². The maximum atomic E-state index is 11.5. The second-order valence-electron chi connectivity index (χ2n) is 4.28. The zero-order valence-corrected chi connectivity index (χ0v) is 12.0. The summed E-state index contributed by atoms with van der Waals surface area (Å²) in [7, 11) is 1.21. The van der Waals surface area contributed by atoms with E-state index >= 15 is 0 Å². The van der Waals surface area contributed by atoms with E-state index in [-0.39, 0.29) is 17.9 Å². The maximum Gasteiger partial charge on any atom is 0.360 e. The van der Waals surface area contributed by atoms with Gasteiger partial charge in [0.15, 0.2) is 5.69 Å². The lowest BCUT2D eigenvalue weighted by atomic mass is 10.1. The number of hydrogen-bond acceptors (Lipinski definition) is 6. The number of rotatable bonds is 5. The number of aliphatic hydroxyl groups excluding tert-OH is 2. The number of esters is 1. The van der Waals surface area contributed by atoms with Gasteiger partial charge in [-0.3, -0.25) is 0 Å². The normalized spacial score (nSPS) is 12.2. The molecular weight excluding hydrogens is 298 g/mol. The molecule has 0 aliphatic heterocycles. The fourth-order valence-corrected chi connectivity index (χ4v) is 1.97. The number of aromatic nitrogens is 3. The van der Waals surface area contributed by atoms with Crippen molar-refractivity contribution >= 4 is 17.6 Å². The second kappa shape index (κ2) is 6.66. The van der Waals surface area contributed by atoms with Gasteiger partial charge in [-0.1, -0.05) is 28.9 Å². The van der Waals surface area contributed by atoms with Gasteiger partial charge in [-0.25, -0.2) is 9.48 Å². The number of aliphatic hydroxyl groups is 2. The van der Waals surface area contributed by atoms with Crippen LogP contribution < -0.4 is 0 Å². The van der Waals surface area contributed by atoms with Crippen molar-refractivity contribution < 1.29 is 19.7 Å². The molecule has 1 heterocycles. The number of methoxy groups -OCH3 is 1. The molecule has 0 amide bonds. The van der Waals surface area contributed by atoms with Crippen molar-refractivity contribution in [3.63, 3.8) is 0 Å². The lowest BCUT2D eigenvalue weighted by molar-refractivity contribution is 0.0589. The molecule has 0 fully saturated rings. The van der Waals surface area contributed by atoms with Crippen LogP contribution in [0.4, 0.5) is 0 Å². The number of carbonyl (C=O) groups excluding carboxylic acids is 1. The van der Waals surface area contributed by atoms with Crippen molar-refractivity contribution in [2.24, 2.45) is 0 Å². The summed E-state index contributed by atoms with van der Waals surface area (Å²) in [5.74, 6) is -0.689. The Kier molecular flexibility index (Phi) is 4.89. The van der Waals surface area contributed by atoms with Crippen LogP contribution in [0.1, 0.15) is 27.8 Å². The molecule has 0 aliphatic rings. The molecule has 2 aromatic rings. The zero-order chi connectivity index (χ0) is 15.4. The van der Waals surface area contributed by atoms with Crippen molar-refractivity contribution in [1.29, 1.82) is 0 Å². The van der Waals surface area contributed by atoms with Crippen LogP contribution in [0, 0.1) is 0 Å². The summed E-state index contributed by atoms with van der Waals surface area (Å²) >= 11 is 5.78. The zero-order valence-electron chi connectivity index (χ0n) is 11.2. The Bertz CT molecular complexity index is 627. The Balaban J connectivity index is 2.21. The topological polar surface area (TPSA) is 97.5 Å². The van der Waals surface area contributed by atoms with E-state index < -0.39 is 18.7 Å². The minimum absolute atomic E-state index is 0.0432. The van der Waals surface area contributed by atoms with Crippen LogP contribution in [0.3, 0.4) is 0 Å². The summed E-state index contributed by atoms with van der Waals surface area (Å²) in [6.45, 7) is -0.397. The van der Waals surface area contributed by atoms with E-state index in [0.29, 0.717) is 10.6 Å². The standard InChI is InChI=1S/C13H14ClN3O4/c1-21-13(20)12-10(7-18)17(16-15-12)6-11(19)8-2-4-9(14)5-3-8/h2-5,11,18-19H,6-7H2,1H3/t11-/m0/s1. The van der Waals surface area contributed by atoms with Crippen LogP contribution in [-0.4, -0.2) is 38.3 Å². The smallest absolute Gasteiger partial charge is 0.360 e. The van der Waals surface area contributed by atoms with Crippen molar-refractivity contribution in [1.82, 2.24) is 15.0 Å². The van der Waals surface area contributed by atoms with Crippen molar-refractivity contribution in [2.75, 3.05) is 7.11 Å². The second-order valence-corrected chi connectivity index (χ2v) is 4.72. The molecule has 0 saturated carbocycles. The van der Waals surface area contributed by atoms with Gasteiger partial charge in [0, 0.05) is 5.02 Å². The lowest BCUT2D eigenvalue weighted by Crippen LogP contribution is -2.14. The quantitative estimate of drug-likeness (QED) is 0.798. The molecular formula is C13H14ClN3O4. The molecule has 0 radical (unpaired) electrons. The van der Waals surface area contributed by atoms with Gasteiger partial charge in [0.2, 0.25) is 0 Å².